The number of aromatic nitrogens is 2. The van der Waals surface area contributed by atoms with E-state index < -0.39 is 0 Å². The fourth-order valence-electron chi connectivity index (χ4n) is 1.61. The Kier molecular flexibility index (Phi) is 3.66. The molecule has 0 aliphatic rings. The molecule has 0 amide bonds. The van der Waals surface area contributed by atoms with E-state index in [2.05, 4.69) is 23.0 Å². The maximum atomic E-state index is 4.57. The summed E-state index contributed by atoms with van der Waals surface area (Å²) < 4.78 is 0. The molecule has 86 valence electrons. The van der Waals surface area contributed by atoms with E-state index >= 15 is 0 Å². The highest BCUT2D eigenvalue weighted by Crippen LogP contribution is 2.15. The minimum absolute atomic E-state index is 0.923. The van der Waals surface area contributed by atoms with Gasteiger partial charge in [-0.15, -0.1) is 0 Å². The van der Waals surface area contributed by atoms with Gasteiger partial charge >= 0.3 is 0 Å². The molecule has 0 aromatic carbocycles. The van der Waals surface area contributed by atoms with Crippen LogP contribution >= 0.6 is 0 Å². The van der Waals surface area contributed by atoms with Crippen molar-refractivity contribution in [2.24, 2.45) is 0 Å². The summed E-state index contributed by atoms with van der Waals surface area (Å²) in [6, 6.07) is 12.0. The molecule has 0 aliphatic heterocycles. The van der Waals surface area contributed by atoms with Crippen LogP contribution in [-0.2, 0) is 0 Å². The predicted octanol–water partition coefficient (Wildman–Crippen LogP) is 3.88. The maximum Gasteiger partial charge on any atom is 0.0893 e. The highest BCUT2D eigenvalue weighted by atomic mass is 14.8. The standard InChI is InChI=1S/C15H16N2/c1-3-4-8-13-9-6-11-15(17-13)14-10-5-7-12(2)16-14/h4-11H,3H2,1-2H3/b8-4-. The van der Waals surface area contributed by atoms with E-state index in [0.717, 1.165) is 29.2 Å². The zero-order chi connectivity index (χ0) is 12.1. The Balaban J connectivity index is 2.36. The summed E-state index contributed by atoms with van der Waals surface area (Å²) >= 11 is 0. The molecule has 0 aliphatic carbocycles. The number of aryl methyl sites for hydroxylation is 1. The highest BCUT2D eigenvalue weighted by molar-refractivity contribution is 5.57. The van der Waals surface area contributed by atoms with Crippen molar-refractivity contribution in [2.75, 3.05) is 0 Å². The molecular formula is C15H16N2. The van der Waals surface area contributed by atoms with Crippen molar-refractivity contribution < 1.29 is 0 Å². The van der Waals surface area contributed by atoms with E-state index in [1.165, 1.54) is 0 Å². The first-order valence-electron chi connectivity index (χ1n) is 5.87. The van der Waals surface area contributed by atoms with Gasteiger partial charge in [0.15, 0.2) is 0 Å². The van der Waals surface area contributed by atoms with Crippen molar-refractivity contribution in [3.05, 3.63) is 53.9 Å². The van der Waals surface area contributed by atoms with E-state index in [9.17, 15) is 0 Å². The minimum atomic E-state index is 0.923. The zero-order valence-corrected chi connectivity index (χ0v) is 10.2. The number of allylic oxidation sites excluding steroid dienone is 1. The van der Waals surface area contributed by atoms with Gasteiger partial charge in [0.2, 0.25) is 0 Å². The fourth-order valence-corrected chi connectivity index (χ4v) is 1.61. The molecule has 0 N–H and O–H groups in total. The van der Waals surface area contributed by atoms with Gasteiger partial charge in [-0.3, -0.25) is 4.98 Å². The lowest BCUT2D eigenvalue weighted by atomic mass is 10.2. The summed E-state index contributed by atoms with van der Waals surface area (Å²) in [7, 11) is 0. The Labute approximate surface area is 102 Å². The largest absolute Gasteiger partial charge is 0.251 e. The van der Waals surface area contributed by atoms with E-state index in [-0.39, 0.29) is 0 Å². The molecule has 17 heavy (non-hydrogen) atoms. The van der Waals surface area contributed by atoms with E-state index in [0.29, 0.717) is 0 Å². The molecule has 2 aromatic rings. The lowest BCUT2D eigenvalue weighted by Crippen LogP contribution is -1.90. The van der Waals surface area contributed by atoms with Crippen molar-refractivity contribution in [1.29, 1.82) is 0 Å². The van der Waals surface area contributed by atoms with Crippen molar-refractivity contribution >= 4 is 6.08 Å². The Morgan fingerprint density at radius 3 is 2.41 bits per heavy atom. The van der Waals surface area contributed by atoms with Crippen LogP contribution in [0.25, 0.3) is 17.5 Å². The lowest BCUT2D eigenvalue weighted by molar-refractivity contribution is 1.17. The third-order valence-corrected chi connectivity index (χ3v) is 2.45. The average Bonchev–Trinajstić information content (AvgIpc) is 2.37. The molecule has 0 fully saturated rings. The second-order valence-electron chi connectivity index (χ2n) is 3.92. The monoisotopic (exact) mass is 224 g/mol. The van der Waals surface area contributed by atoms with E-state index in [1.54, 1.807) is 0 Å². The van der Waals surface area contributed by atoms with Crippen LogP contribution in [0.2, 0.25) is 0 Å². The van der Waals surface area contributed by atoms with Gasteiger partial charge in [-0.2, -0.15) is 0 Å². The number of hydrogen-bond donors (Lipinski definition) is 0. The number of hydrogen-bond acceptors (Lipinski definition) is 2. The number of rotatable bonds is 3. The van der Waals surface area contributed by atoms with Gasteiger partial charge in [-0.25, -0.2) is 4.98 Å². The van der Waals surface area contributed by atoms with Gasteiger partial charge in [0.1, 0.15) is 0 Å². The molecule has 2 heteroatoms. The molecular weight excluding hydrogens is 208 g/mol. The maximum absolute atomic E-state index is 4.57. The Bertz CT molecular complexity index is 530. The second kappa shape index (κ2) is 5.39. The summed E-state index contributed by atoms with van der Waals surface area (Å²) in [6.07, 6.45) is 5.17. The van der Waals surface area contributed by atoms with Crippen LogP contribution in [0, 0.1) is 6.92 Å². The zero-order valence-electron chi connectivity index (χ0n) is 10.2. The first-order chi connectivity index (χ1) is 8.29. The molecule has 2 rings (SSSR count). The summed E-state index contributed by atoms with van der Waals surface area (Å²) in [5.41, 5.74) is 3.84. The van der Waals surface area contributed by atoms with Crippen LogP contribution in [0.1, 0.15) is 24.7 Å². The minimum Gasteiger partial charge on any atom is -0.251 e. The normalized spacial score (nSPS) is 10.9. The third-order valence-electron chi connectivity index (χ3n) is 2.45. The molecule has 0 spiro atoms. The number of nitrogens with zero attached hydrogens (tertiary/aromatic N) is 2. The second-order valence-corrected chi connectivity index (χ2v) is 3.92. The first-order valence-corrected chi connectivity index (χ1v) is 5.87. The van der Waals surface area contributed by atoms with Crippen LogP contribution in [0.4, 0.5) is 0 Å². The van der Waals surface area contributed by atoms with Crippen LogP contribution in [-0.4, -0.2) is 9.97 Å². The lowest BCUT2D eigenvalue weighted by Gasteiger charge is -2.02. The number of pyridine rings is 2. The Hall–Kier alpha value is -1.96. The Morgan fingerprint density at radius 2 is 1.71 bits per heavy atom. The quantitative estimate of drug-likeness (QED) is 0.790. The van der Waals surface area contributed by atoms with Crippen LogP contribution in [0.3, 0.4) is 0 Å². The molecule has 0 radical (unpaired) electrons. The smallest absolute Gasteiger partial charge is 0.0893 e. The molecule has 0 saturated heterocycles. The summed E-state index contributed by atoms with van der Waals surface area (Å²) in [6.45, 7) is 4.10. The highest BCUT2D eigenvalue weighted by Gasteiger charge is 2.00. The predicted molar refractivity (Wildman–Crippen MR) is 71.5 cm³/mol. The van der Waals surface area contributed by atoms with Gasteiger partial charge in [0.05, 0.1) is 17.1 Å². The molecule has 2 nitrogen and oxygen atoms in total. The molecule has 0 bridgehead atoms. The summed E-state index contributed by atoms with van der Waals surface area (Å²) in [5.74, 6) is 0. The van der Waals surface area contributed by atoms with Gasteiger partial charge in [0, 0.05) is 5.69 Å². The SMILES string of the molecule is CC/C=C\c1cccc(-c2cccc(C)n2)n1. The van der Waals surface area contributed by atoms with Gasteiger partial charge in [-0.05, 0) is 43.7 Å². The van der Waals surface area contributed by atoms with Crippen molar-refractivity contribution in [1.82, 2.24) is 9.97 Å². The fraction of sp³-hybridized carbons (Fsp3) is 0.200. The first kappa shape index (κ1) is 11.5. The van der Waals surface area contributed by atoms with Crippen molar-refractivity contribution in [3.8, 4) is 11.4 Å². The third kappa shape index (κ3) is 3.00. The molecule has 0 saturated carbocycles. The van der Waals surface area contributed by atoms with Crippen LogP contribution < -0.4 is 0 Å². The molecule has 0 atom stereocenters. The van der Waals surface area contributed by atoms with E-state index in [4.69, 9.17) is 0 Å². The summed E-state index contributed by atoms with van der Waals surface area (Å²) in [5, 5.41) is 0. The van der Waals surface area contributed by atoms with Gasteiger partial charge in [0.25, 0.3) is 0 Å². The molecule has 0 unspecified atom stereocenters. The Morgan fingerprint density at radius 1 is 1.00 bits per heavy atom. The van der Waals surface area contributed by atoms with Gasteiger partial charge < -0.3 is 0 Å². The van der Waals surface area contributed by atoms with E-state index in [1.807, 2.05) is 49.4 Å². The van der Waals surface area contributed by atoms with Crippen molar-refractivity contribution in [3.63, 3.8) is 0 Å². The molecule has 2 heterocycles. The topological polar surface area (TPSA) is 25.8 Å². The summed E-state index contributed by atoms with van der Waals surface area (Å²) in [4.78, 5) is 9.05. The van der Waals surface area contributed by atoms with Crippen LogP contribution in [0.15, 0.2) is 42.5 Å². The van der Waals surface area contributed by atoms with Gasteiger partial charge in [-0.1, -0.05) is 25.1 Å². The average molecular weight is 224 g/mol. The van der Waals surface area contributed by atoms with Crippen LogP contribution in [0.5, 0.6) is 0 Å². The molecule has 2 aromatic heterocycles. The van der Waals surface area contributed by atoms with Crippen molar-refractivity contribution in [2.45, 2.75) is 20.3 Å².